The molecule has 5 nitrogen and oxygen atoms in total. The van der Waals surface area contributed by atoms with E-state index >= 15 is 0 Å². The van der Waals surface area contributed by atoms with E-state index in [1.807, 2.05) is 0 Å². The van der Waals surface area contributed by atoms with Crippen LogP contribution in [0.1, 0.15) is 19.3 Å². The summed E-state index contributed by atoms with van der Waals surface area (Å²) in [5, 5.41) is 14.3. The van der Waals surface area contributed by atoms with E-state index in [-0.39, 0.29) is 0 Å². The van der Waals surface area contributed by atoms with Gasteiger partial charge in [0.05, 0.1) is 6.10 Å². The summed E-state index contributed by atoms with van der Waals surface area (Å²) in [6.45, 7) is 0.900. The van der Waals surface area contributed by atoms with E-state index in [9.17, 15) is 0 Å². The number of hydrogen-bond acceptors (Lipinski definition) is 5. The van der Waals surface area contributed by atoms with Crippen LogP contribution in [0.5, 0.6) is 0 Å². The number of H-pyrrole nitrogens is 1. The maximum atomic E-state index is 5.57. The molecule has 72 valence electrons. The van der Waals surface area contributed by atoms with Crippen molar-refractivity contribution >= 4 is 11.8 Å². The summed E-state index contributed by atoms with van der Waals surface area (Å²) < 4.78 is 5.57. The highest BCUT2D eigenvalue weighted by atomic mass is 32.2. The molecular formula is C7H12N4OS. The average Bonchev–Trinajstić information content (AvgIpc) is 2.69. The second-order valence-corrected chi connectivity index (χ2v) is 3.98. The van der Waals surface area contributed by atoms with Crippen LogP contribution in [0.3, 0.4) is 0 Å². The van der Waals surface area contributed by atoms with Gasteiger partial charge in [-0.25, -0.2) is 0 Å². The second-order valence-electron chi connectivity index (χ2n) is 2.99. The van der Waals surface area contributed by atoms with E-state index < -0.39 is 0 Å². The highest BCUT2D eigenvalue weighted by Gasteiger charge is 2.14. The number of hydrogen-bond donors (Lipinski definition) is 1. The molecule has 1 N–H and O–H groups in total. The molecule has 0 aliphatic carbocycles. The van der Waals surface area contributed by atoms with Crippen LogP contribution >= 0.6 is 11.8 Å². The quantitative estimate of drug-likeness (QED) is 0.733. The smallest absolute Gasteiger partial charge is 0.231 e. The molecule has 1 aliphatic heterocycles. The van der Waals surface area contributed by atoms with Crippen molar-refractivity contribution in [3.8, 4) is 0 Å². The number of aromatic nitrogens is 4. The molecule has 0 amide bonds. The first-order chi connectivity index (χ1) is 6.45. The summed E-state index contributed by atoms with van der Waals surface area (Å²) in [5.41, 5.74) is 0. The van der Waals surface area contributed by atoms with Crippen LogP contribution in [0.2, 0.25) is 0 Å². The lowest BCUT2D eigenvalue weighted by molar-refractivity contribution is 0.0315. The van der Waals surface area contributed by atoms with E-state index in [1.54, 1.807) is 11.8 Å². The Labute approximate surface area is 80.6 Å². The lowest BCUT2D eigenvalue weighted by atomic mass is 10.1. The molecule has 1 atom stereocenters. The Kier molecular flexibility index (Phi) is 3.15. The normalized spacial score (nSPS) is 23.2. The molecule has 1 aliphatic rings. The minimum Gasteiger partial charge on any atom is -0.377 e. The minimum absolute atomic E-state index is 0.372. The van der Waals surface area contributed by atoms with E-state index in [4.69, 9.17) is 4.74 Å². The fourth-order valence-electron chi connectivity index (χ4n) is 1.32. The lowest BCUT2D eigenvalue weighted by Gasteiger charge is -2.21. The standard InChI is InChI=1S/C7H12N4OS/c1-2-4-12-6(3-1)5-13-7-8-10-11-9-7/h6H,1-5H2,(H,8,9,10,11). The first kappa shape index (κ1) is 8.96. The van der Waals surface area contributed by atoms with Crippen molar-refractivity contribution in [2.75, 3.05) is 12.4 Å². The summed E-state index contributed by atoms with van der Waals surface area (Å²) in [5.74, 6) is 0.930. The first-order valence-electron chi connectivity index (χ1n) is 4.43. The Bertz CT molecular complexity index is 235. The van der Waals surface area contributed by atoms with Crippen molar-refractivity contribution in [3.63, 3.8) is 0 Å². The van der Waals surface area contributed by atoms with Crippen molar-refractivity contribution in [1.29, 1.82) is 0 Å². The molecule has 1 saturated heterocycles. The Morgan fingerprint density at radius 1 is 1.54 bits per heavy atom. The van der Waals surface area contributed by atoms with Crippen molar-refractivity contribution in [1.82, 2.24) is 20.6 Å². The third-order valence-electron chi connectivity index (χ3n) is 2.00. The van der Waals surface area contributed by atoms with Gasteiger partial charge < -0.3 is 4.74 Å². The van der Waals surface area contributed by atoms with Gasteiger partial charge in [-0.05, 0) is 24.5 Å². The fourth-order valence-corrected chi connectivity index (χ4v) is 2.12. The number of thioether (sulfide) groups is 1. The molecule has 0 spiro atoms. The number of nitrogens with zero attached hydrogens (tertiary/aromatic N) is 3. The monoisotopic (exact) mass is 200 g/mol. The Morgan fingerprint density at radius 2 is 2.54 bits per heavy atom. The Hall–Kier alpha value is -0.620. The zero-order chi connectivity index (χ0) is 8.93. The lowest BCUT2D eigenvalue weighted by Crippen LogP contribution is -2.21. The molecule has 2 heterocycles. The number of nitrogens with one attached hydrogen (secondary N) is 1. The maximum absolute atomic E-state index is 5.57. The van der Waals surface area contributed by atoms with Gasteiger partial charge in [-0.2, -0.15) is 5.21 Å². The van der Waals surface area contributed by atoms with Crippen molar-refractivity contribution in [2.45, 2.75) is 30.5 Å². The molecule has 0 saturated carbocycles. The summed E-state index contributed by atoms with van der Waals surface area (Å²) in [6, 6.07) is 0. The average molecular weight is 200 g/mol. The van der Waals surface area contributed by atoms with E-state index in [0.29, 0.717) is 11.3 Å². The van der Waals surface area contributed by atoms with Crippen molar-refractivity contribution in [3.05, 3.63) is 0 Å². The van der Waals surface area contributed by atoms with E-state index in [2.05, 4.69) is 20.6 Å². The van der Waals surface area contributed by atoms with Gasteiger partial charge >= 0.3 is 0 Å². The zero-order valence-corrected chi connectivity index (χ0v) is 8.09. The van der Waals surface area contributed by atoms with Gasteiger partial charge in [-0.15, -0.1) is 10.2 Å². The second kappa shape index (κ2) is 4.57. The van der Waals surface area contributed by atoms with Crippen LogP contribution in [0.25, 0.3) is 0 Å². The SMILES string of the molecule is C1CCC(CSc2nn[nH]n2)OC1. The van der Waals surface area contributed by atoms with Crippen LogP contribution in [0.4, 0.5) is 0 Å². The van der Waals surface area contributed by atoms with Gasteiger partial charge in [0, 0.05) is 12.4 Å². The van der Waals surface area contributed by atoms with Crippen molar-refractivity contribution in [2.24, 2.45) is 0 Å². The highest BCUT2D eigenvalue weighted by Crippen LogP contribution is 2.19. The topological polar surface area (TPSA) is 63.7 Å². The third kappa shape index (κ3) is 2.67. The number of ether oxygens (including phenoxy) is 1. The maximum Gasteiger partial charge on any atom is 0.231 e. The summed E-state index contributed by atoms with van der Waals surface area (Å²) >= 11 is 1.59. The van der Waals surface area contributed by atoms with Gasteiger partial charge in [0.25, 0.3) is 0 Å². The molecule has 1 aromatic heterocycles. The van der Waals surface area contributed by atoms with Crippen LogP contribution in [-0.2, 0) is 4.74 Å². The van der Waals surface area contributed by atoms with Gasteiger partial charge in [0.2, 0.25) is 5.16 Å². The third-order valence-corrected chi connectivity index (χ3v) is 2.97. The largest absolute Gasteiger partial charge is 0.377 e. The summed E-state index contributed by atoms with van der Waals surface area (Å²) in [4.78, 5) is 0. The number of tetrazole rings is 1. The van der Waals surface area contributed by atoms with Gasteiger partial charge in [0.1, 0.15) is 0 Å². The highest BCUT2D eigenvalue weighted by molar-refractivity contribution is 7.99. The fraction of sp³-hybridized carbons (Fsp3) is 0.857. The Balaban J connectivity index is 1.72. The van der Waals surface area contributed by atoms with Crippen LogP contribution < -0.4 is 0 Å². The van der Waals surface area contributed by atoms with E-state index in [0.717, 1.165) is 18.8 Å². The first-order valence-corrected chi connectivity index (χ1v) is 5.41. The predicted molar refractivity (Wildman–Crippen MR) is 48.5 cm³/mol. The zero-order valence-electron chi connectivity index (χ0n) is 7.27. The van der Waals surface area contributed by atoms with Gasteiger partial charge in [-0.1, -0.05) is 11.8 Å². The molecular weight excluding hydrogens is 188 g/mol. The van der Waals surface area contributed by atoms with Crippen LogP contribution in [-0.4, -0.2) is 39.1 Å². The molecule has 13 heavy (non-hydrogen) atoms. The molecule has 0 aromatic carbocycles. The summed E-state index contributed by atoms with van der Waals surface area (Å²) in [7, 11) is 0. The molecule has 1 aromatic rings. The van der Waals surface area contributed by atoms with Crippen LogP contribution in [0.15, 0.2) is 5.16 Å². The van der Waals surface area contributed by atoms with Crippen molar-refractivity contribution < 1.29 is 4.74 Å². The summed E-state index contributed by atoms with van der Waals surface area (Å²) in [6.07, 6.45) is 4.00. The molecule has 0 radical (unpaired) electrons. The Morgan fingerprint density at radius 3 is 3.23 bits per heavy atom. The molecule has 1 fully saturated rings. The molecule has 6 heteroatoms. The van der Waals surface area contributed by atoms with Crippen LogP contribution in [0, 0.1) is 0 Å². The number of rotatable bonds is 3. The van der Waals surface area contributed by atoms with E-state index in [1.165, 1.54) is 12.8 Å². The minimum atomic E-state index is 0.372. The molecule has 0 bridgehead atoms. The van der Waals surface area contributed by atoms with Gasteiger partial charge in [-0.3, -0.25) is 0 Å². The molecule has 2 rings (SSSR count). The predicted octanol–water partition coefficient (Wildman–Crippen LogP) is 0.861. The molecule has 1 unspecified atom stereocenters. The number of aromatic amines is 1. The van der Waals surface area contributed by atoms with Gasteiger partial charge in [0.15, 0.2) is 0 Å².